The molecular weight excluding hydrogens is 324 g/mol. The molecule has 132 valence electrons. The summed E-state index contributed by atoms with van der Waals surface area (Å²) >= 11 is 0. The van der Waals surface area contributed by atoms with Gasteiger partial charge in [-0.05, 0) is 25.0 Å². The first kappa shape index (κ1) is 18.4. The molecule has 7 heteroatoms. The highest BCUT2D eigenvalue weighted by molar-refractivity contribution is 5.99. The number of pyridine rings is 1. The maximum absolute atomic E-state index is 12.4. The Kier molecular flexibility index (Phi) is 6.05. The van der Waals surface area contributed by atoms with Crippen LogP contribution in [0.1, 0.15) is 30.6 Å². The number of benzene rings is 1. The number of esters is 1. The van der Waals surface area contributed by atoms with Gasteiger partial charge in [-0.25, -0.2) is 4.79 Å². The van der Waals surface area contributed by atoms with E-state index in [9.17, 15) is 19.5 Å². The Hall–Kier alpha value is -2.96. The highest BCUT2D eigenvalue weighted by Gasteiger charge is 2.29. The van der Waals surface area contributed by atoms with Crippen molar-refractivity contribution in [3.05, 3.63) is 42.1 Å². The van der Waals surface area contributed by atoms with Crippen LogP contribution < -0.4 is 5.32 Å². The van der Waals surface area contributed by atoms with Gasteiger partial charge in [0.1, 0.15) is 6.04 Å². The average molecular weight is 344 g/mol. The first-order valence-corrected chi connectivity index (χ1v) is 7.96. The second kappa shape index (κ2) is 8.23. The van der Waals surface area contributed by atoms with E-state index >= 15 is 0 Å². The molecule has 2 rings (SSSR count). The van der Waals surface area contributed by atoms with E-state index in [2.05, 4.69) is 10.3 Å². The Balaban J connectivity index is 2.13. The molecular formula is C18H20N2O5. The predicted octanol–water partition coefficient (Wildman–Crippen LogP) is 2.01. The first-order valence-electron chi connectivity index (χ1n) is 7.96. The van der Waals surface area contributed by atoms with E-state index in [1.807, 2.05) is 24.3 Å². The van der Waals surface area contributed by atoms with Gasteiger partial charge < -0.3 is 15.2 Å². The van der Waals surface area contributed by atoms with Crippen molar-refractivity contribution in [3.8, 4) is 0 Å². The number of hydrogen-bond acceptors (Lipinski definition) is 5. The minimum atomic E-state index is -1.21. The van der Waals surface area contributed by atoms with Gasteiger partial charge >= 0.3 is 11.9 Å². The normalized spacial score (nSPS) is 13.0. The number of aromatic nitrogens is 1. The number of carboxylic acid groups (broad SMARTS) is 1. The van der Waals surface area contributed by atoms with E-state index in [0.29, 0.717) is 0 Å². The maximum atomic E-state index is 12.4. The molecule has 0 saturated heterocycles. The smallest absolute Gasteiger partial charge is 0.326 e. The number of hydrogen-bond donors (Lipinski definition) is 2. The summed E-state index contributed by atoms with van der Waals surface area (Å²) in [7, 11) is 0. The van der Waals surface area contributed by atoms with Crippen molar-refractivity contribution in [1.29, 1.82) is 0 Å². The van der Waals surface area contributed by atoms with Crippen molar-refractivity contribution in [2.24, 2.45) is 5.92 Å². The highest BCUT2D eigenvalue weighted by atomic mass is 16.5. The van der Waals surface area contributed by atoms with Crippen LogP contribution in [-0.2, 0) is 14.3 Å². The number of rotatable bonds is 7. The Morgan fingerprint density at radius 2 is 2.00 bits per heavy atom. The highest BCUT2D eigenvalue weighted by Crippen LogP contribution is 2.14. The van der Waals surface area contributed by atoms with Crippen molar-refractivity contribution >= 4 is 28.7 Å². The van der Waals surface area contributed by atoms with Crippen molar-refractivity contribution < 1.29 is 24.2 Å². The van der Waals surface area contributed by atoms with E-state index in [0.717, 1.165) is 10.9 Å². The molecule has 0 aliphatic heterocycles. The minimum absolute atomic E-state index is 0.0962. The molecule has 0 spiro atoms. The Bertz CT molecular complexity index is 790. The number of amides is 1. The maximum Gasteiger partial charge on any atom is 0.326 e. The van der Waals surface area contributed by atoms with E-state index < -0.39 is 29.8 Å². The number of ether oxygens (including phenoxy) is 1. The summed E-state index contributed by atoms with van der Waals surface area (Å²) in [6.07, 6.45) is 1.30. The molecule has 0 radical (unpaired) electrons. The SMILES string of the molecule is CCOC(=O)C[C@H](C)[C@H](NC(=O)c1cnc2ccccc2c1)C(=O)O. The van der Waals surface area contributed by atoms with Crippen LogP contribution in [0.5, 0.6) is 0 Å². The number of fused-ring (bicyclic) bond motifs is 1. The number of para-hydroxylation sites is 1. The van der Waals surface area contributed by atoms with E-state index in [1.54, 1.807) is 19.9 Å². The third-order valence-electron chi connectivity index (χ3n) is 3.77. The van der Waals surface area contributed by atoms with Crippen LogP contribution in [0, 0.1) is 5.92 Å². The largest absolute Gasteiger partial charge is 0.480 e. The molecule has 25 heavy (non-hydrogen) atoms. The summed E-state index contributed by atoms with van der Waals surface area (Å²) in [5.74, 6) is -2.88. The fraction of sp³-hybridized carbons (Fsp3) is 0.333. The molecule has 0 bridgehead atoms. The van der Waals surface area contributed by atoms with Gasteiger partial charge in [0.2, 0.25) is 0 Å². The summed E-state index contributed by atoms with van der Waals surface area (Å²) in [4.78, 5) is 39.6. The van der Waals surface area contributed by atoms with Crippen molar-refractivity contribution in [3.63, 3.8) is 0 Å². The lowest BCUT2D eigenvalue weighted by molar-refractivity contribution is -0.145. The van der Waals surface area contributed by atoms with Crippen molar-refractivity contribution in [1.82, 2.24) is 10.3 Å². The van der Waals surface area contributed by atoms with Gasteiger partial charge in [-0.1, -0.05) is 25.1 Å². The standard InChI is InChI=1S/C18H20N2O5/c1-3-25-15(21)8-11(2)16(18(23)24)20-17(22)13-9-12-6-4-5-7-14(12)19-10-13/h4-7,9-11,16H,3,8H2,1-2H3,(H,20,22)(H,23,24)/t11-,16-/m0/s1. The molecule has 0 aliphatic carbocycles. The summed E-state index contributed by atoms with van der Waals surface area (Å²) in [5.41, 5.74) is 0.998. The molecule has 2 atom stereocenters. The zero-order chi connectivity index (χ0) is 18.4. The zero-order valence-electron chi connectivity index (χ0n) is 14.1. The second-order valence-electron chi connectivity index (χ2n) is 5.69. The molecule has 1 heterocycles. The van der Waals surface area contributed by atoms with Crippen LogP contribution in [0.25, 0.3) is 10.9 Å². The Labute approximate surface area is 145 Å². The summed E-state index contributed by atoms with van der Waals surface area (Å²) in [6.45, 7) is 3.47. The van der Waals surface area contributed by atoms with Crippen LogP contribution in [0.15, 0.2) is 36.5 Å². The van der Waals surface area contributed by atoms with Gasteiger partial charge in [0, 0.05) is 11.6 Å². The fourth-order valence-electron chi connectivity index (χ4n) is 2.47. The molecule has 2 N–H and O–H groups in total. The van der Waals surface area contributed by atoms with Gasteiger partial charge in [-0.2, -0.15) is 0 Å². The lowest BCUT2D eigenvalue weighted by Gasteiger charge is -2.20. The predicted molar refractivity (Wildman–Crippen MR) is 91.0 cm³/mol. The number of carboxylic acids is 1. The molecule has 0 aliphatic rings. The van der Waals surface area contributed by atoms with Gasteiger partial charge in [-0.15, -0.1) is 0 Å². The number of nitrogens with one attached hydrogen (secondary N) is 1. The summed E-state index contributed by atoms with van der Waals surface area (Å²) in [6, 6.07) is 7.74. The van der Waals surface area contributed by atoms with Crippen LogP contribution in [0.3, 0.4) is 0 Å². The Morgan fingerprint density at radius 3 is 2.68 bits per heavy atom. The lowest BCUT2D eigenvalue weighted by Crippen LogP contribution is -2.45. The van der Waals surface area contributed by atoms with Crippen molar-refractivity contribution in [2.75, 3.05) is 6.61 Å². The monoisotopic (exact) mass is 344 g/mol. The number of nitrogens with zero attached hydrogens (tertiary/aromatic N) is 1. The molecule has 1 amide bonds. The average Bonchev–Trinajstić information content (AvgIpc) is 2.58. The quantitative estimate of drug-likeness (QED) is 0.744. The number of carbonyl (C=O) groups excluding carboxylic acids is 2. The molecule has 0 saturated carbocycles. The van der Waals surface area contributed by atoms with Gasteiger partial charge in [0.15, 0.2) is 0 Å². The third kappa shape index (κ3) is 4.76. The fourth-order valence-corrected chi connectivity index (χ4v) is 2.47. The van der Waals surface area contributed by atoms with Crippen LogP contribution in [0.2, 0.25) is 0 Å². The molecule has 2 aromatic rings. The Morgan fingerprint density at radius 1 is 1.28 bits per heavy atom. The van der Waals surface area contributed by atoms with E-state index in [1.165, 1.54) is 6.20 Å². The van der Waals surface area contributed by atoms with Crippen LogP contribution >= 0.6 is 0 Å². The zero-order valence-corrected chi connectivity index (χ0v) is 14.1. The second-order valence-corrected chi connectivity index (χ2v) is 5.69. The molecule has 0 fully saturated rings. The lowest BCUT2D eigenvalue weighted by atomic mass is 9.98. The molecule has 1 aromatic carbocycles. The van der Waals surface area contributed by atoms with Crippen LogP contribution in [0.4, 0.5) is 0 Å². The van der Waals surface area contributed by atoms with E-state index in [4.69, 9.17) is 4.74 Å². The van der Waals surface area contributed by atoms with Crippen molar-refractivity contribution in [2.45, 2.75) is 26.3 Å². The topological polar surface area (TPSA) is 106 Å². The molecule has 7 nitrogen and oxygen atoms in total. The first-order chi connectivity index (χ1) is 11.9. The molecule has 0 unspecified atom stereocenters. The van der Waals surface area contributed by atoms with E-state index in [-0.39, 0.29) is 18.6 Å². The van der Waals surface area contributed by atoms with Gasteiger partial charge in [-0.3, -0.25) is 14.6 Å². The van der Waals surface area contributed by atoms with Crippen LogP contribution in [-0.4, -0.2) is 40.6 Å². The van der Waals surface area contributed by atoms with Gasteiger partial charge in [0.25, 0.3) is 5.91 Å². The molecule has 1 aromatic heterocycles. The number of aliphatic carboxylic acids is 1. The summed E-state index contributed by atoms with van der Waals surface area (Å²) in [5, 5.41) is 12.6. The van der Waals surface area contributed by atoms with Gasteiger partial charge in [0.05, 0.1) is 24.1 Å². The minimum Gasteiger partial charge on any atom is -0.480 e. The third-order valence-corrected chi connectivity index (χ3v) is 3.77. The number of carbonyl (C=O) groups is 3. The summed E-state index contributed by atoms with van der Waals surface area (Å²) < 4.78 is 4.83.